The molecular weight excluding hydrogens is 298 g/mol. The Morgan fingerprint density at radius 2 is 2.14 bits per heavy atom. The first-order valence-corrected chi connectivity index (χ1v) is 6.98. The van der Waals surface area contributed by atoms with Crippen LogP contribution in [0.25, 0.3) is 0 Å². The van der Waals surface area contributed by atoms with Gasteiger partial charge in [0.1, 0.15) is 31.2 Å². The zero-order chi connectivity index (χ0) is 16.3. The van der Waals surface area contributed by atoms with Crippen molar-refractivity contribution in [2.45, 2.75) is 43.7 Å². The number of esters is 1. The van der Waals surface area contributed by atoms with Crippen LogP contribution >= 0.6 is 0 Å². The standard InChI is InChI=1S/C13H21NO8/c1-4-19-12(17)7(14(2)5-15)8(16)9-10-11(21-6-20-10)13(18-3)22-9/h5,7-11,13,16H,4,6H2,1-3H3/t7-,8-,9-,10-,11-,13-/m1/s1. The van der Waals surface area contributed by atoms with Gasteiger partial charge in [0.25, 0.3) is 0 Å². The van der Waals surface area contributed by atoms with E-state index in [0.717, 1.165) is 4.90 Å². The molecule has 2 aliphatic rings. The van der Waals surface area contributed by atoms with E-state index >= 15 is 0 Å². The van der Waals surface area contributed by atoms with Gasteiger partial charge in [0, 0.05) is 14.2 Å². The predicted molar refractivity (Wildman–Crippen MR) is 70.5 cm³/mol. The van der Waals surface area contributed by atoms with Gasteiger partial charge >= 0.3 is 5.97 Å². The average molecular weight is 319 g/mol. The molecule has 0 aromatic heterocycles. The maximum Gasteiger partial charge on any atom is 0.331 e. The molecule has 0 saturated carbocycles. The molecule has 2 heterocycles. The number of hydrogen-bond acceptors (Lipinski definition) is 8. The number of aliphatic hydroxyl groups is 1. The SMILES string of the molecule is CCOC(=O)[C@@H]([C@@H](O)[C@H]1O[C@@H](OC)[C@@H]2OCO[C@H]12)N(C)C=O. The van der Waals surface area contributed by atoms with Crippen LogP contribution < -0.4 is 0 Å². The highest BCUT2D eigenvalue weighted by atomic mass is 16.8. The molecular formula is C13H21NO8. The lowest BCUT2D eigenvalue weighted by Crippen LogP contribution is -2.54. The molecule has 126 valence electrons. The number of ether oxygens (including phenoxy) is 5. The lowest BCUT2D eigenvalue weighted by molar-refractivity contribution is -0.198. The summed E-state index contributed by atoms with van der Waals surface area (Å²) in [7, 11) is 2.82. The molecule has 6 atom stereocenters. The summed E-state index contributed by atoms with van der Waals surface area (Å²) in [6, 6.07) is -1.21. The van der Waals surface area contributed by atoms with Crippen LogP contribution in [0.2, 0.25) is 0 Å². The number of carbonyl (C=O) groups excluding carboxylic acids is 2. The van der Waals surface area contributed by atoms with Crippen LogP contribution in [0.1, 0.15) is 6.92 Å². The van der Waals surface area contributed by atoms with Crippen LogP contribution in [0.15, 0.2) is 0 Å². The zero-order valence-electron chi connectivity index (χ0n) is 12.7. The molecule has 0 aromatic carbocycles. The van der Waals surface area contributed by atoms with Crippen LogP contribution in [0.3, 0.4) is 0 Å². The van der Waals surface area contributed by atoms with Crippen molar-refractivity contribution in [2.24, 2.45) is 0 Å². The van der Waals surface area contributed by atoms with Crippen molar-refractivity contribution in [3.8, 4) is 0 Å². The third kappa shape index (κ3) is 3.08. The minimum atomic E-state index is -1.34. The monoisotopic (exact) mass is 319 g/mol. The van der Waals surface area contributed by atoms with Crippen molar-refractivity contribution in [2.75, 3.05) is 27.6 Å². The average Bonchev–Trinajstić information content (AvgIpc) is 3.09. The molecule has 2 aliphatic heterocycles. The number of methoxy groups -OCH3 is 1. The van der Waals surface area contributed by atoms with E-state index in [4.69, 9.17) is 23.7 Å². The van der Waals surface area contributed by atoms with E-state index in [1.165, 1.54) is 14.2 Å². The zero-order valence-corrected chi connectivity index (χ0v) is 12.7. The van der Waals surface area contributed by atoms with E-state index in [1.807, 2.05) is 0 Å². The first kappa shape index (κ1) is 17.1. The number of aliphatic hydroxyl groups excluding tert-OH is 1. The highest BCUT2D eigenvalue weighted by Gasteiger charge is 2.55. The lowest BCUT2D eigenvalue weighted by Gasteiger charge is -2.31. The van der Waals surface area contributed by atoms with Crippen molar-refractivity contribution in [3.63, 3.8) is 0 Å². The van der Waals surface area contributed by atoms with Crippen LogP contribution in [-0.4, -0.2) is 86.7 Å². The summed E-state index contributed by atoms with van der Waals surface area (Å²) in [5, 5.41) is 10.6. The predicted octanol–water partition coefficient (Wildman–Crippen LogP) is -1.52. The smallest absolute Gasteiger partial charge is 0.331 e. The first-order chi connectivity index (χ1) is 10.5. The van der Waals surface area contributed by atoms with Crippen molar-refractivity contribution < 1.29 is 38.4 Å². The fourth-order valence-corrected chi connectivity index (χ4v) is 2.70. The molecule has 2 fully saturated rings. The Kier molecular flexibility index (Phi) is 5.70. The summed E-state index contributed by atoms with van der Waals surface area (Å²) < 4.78 is 26.4. The van der Waals surface area contributed by atoms with Crippen molar-refractivity contribution >= 4 is 12.4 Å². The van der Waals surface area contributed by atoms with Gasteiger partial charge in [-0.3, -0.25) is 4.79 Å². The van der Waals surface area contributed by atoms with E-state index in [0.29, 0.717) is 6.41 Å². The molecule has 22 heavy (non-hydrogen) atoms. The molecule has 0 radical (unpaired) electrons. The quantitative estimate of drug-likeness (QED) is 0.446. The number of amides is 1. The van der Waals surface area contributed by atoms with E-state index in [2.05, 4.69) is 0 Å². The van der Waals surface area contributed by atoms with Gasteiger partial charge in [-0.05, 0) is 6.92 Å². The van der Waals surface area contributed by atoms with Crippen LogP contribution in [0.4, 0.5) is 0 Å². The van der Waals surface area contributed by atoms with Gasteiger partial charge in [-0.15, -0.1) is 0 Å². The molecule has 0 spiro atoms. The molecule has 0 bridgehead atoms. The van der Waals surface area contributed by atoms with Gasteiger partial charge in [-0.2, -0.15) is 0 Å². The van der Waals surface area contributed by atoms with Gasteiger partial charge in [-0.25, -0.2) is 4.79 Å². The van der Waals surface area contributed by atoms with Crippen molar-refractivity contribution in [1.82, 2.24) is 4.90 Å². The Morgan fingerprint density at radius 1 is 1.45 bits per heavy atom. The minimum Gasteiger partial charge on any atom is -0.464 e. The molecule has 0 aromatic rings. The van der Waals surface area contributed by atoms with Gasteiger partial charge in [0.15, 0.2) is 12.3 Å². The molecule has 2 saturated heterocycles. The van der Waals surface area contributed by atoms with Gasteiger partial charge < -0.3 is 33.7 Å². The van der Waals surface area contributed by atoms with Crippen LogP contribution in [-0.2, 0) is 33.3 Å². The second-order valence-electron chi connectivity index (χ2n) is 5.04. The Hall–Kier alpha value is -1.26. The Morgan fingerprint density at radius 3 is 2.73 bits per heavy atom. The van der Waals surface area contributed by atoms with Crippen LogP contribution in [0, 0.1) is 0 Å². The fraction of sp³-hybridized carbons (Fsp3) is 0.846. The number of rotatable bonds is 7. The molecule has 1 amide bonds. The van der Waals surface area contributed by atoms with E-state index in [9.17, 15) is 14.7 Å². The summed E-state index contributed by atoms with van der Waals surface area (Å²) in [6.07, 6.45) is -3.57. The minimum absolute atomic E-state index is 0.0510. The third-order valence-corrected chi connectivity index (χ3v) is 3.75. The Labute approximate surface area is 128 Å². The Bertz CT molecular complexity index is 406. The number of fused-ring (bicyclic) bond motifs is 1. The first-order valence-electron chi connectivity index (χ1n) is 6.98. The number of likely N-dealkylation sites (N-methyl/N-ethyl adjacent to an activating group) is 1. The summed E-state index contributed by atoms with van der Waals surface area (Å²) in [6.45, 7) is 1.82. The maximum atomic E-state index is 12.0. The number of hydrogen-bond donors (Lipinski definition) is 1. The summed E-state index contributed by atoms with van der Waals surface area (Å²) in [5.74, 6) is -0.718. The summed E-state index contributed by atoms with van der Waals surface area (Å²) >= 11 is 0. The summed E-state index contributed by atoms with van der Waals surface area (Å²) in [5.41, 5.74) is 0. The number of nitrogens with zero attached hydrogens (tertiary/aromatic N) is 1. The largest absolute Gasteiger partial charge is 0.464 e. The van der Waals surface area contributed by atoms with Crippen molar-refractivity contribution in [3.05, 3.63) is 0 Å². The maximum absolute atomic E-state index is 12.0. The molecule has 0 unspecified atom stereocenters. The van der Waals surface area contributed by atoms with E-state index in [-0.39, 0.29) is 13.4 Å². The van der Waals surface area contributed by atoms with Gasteiger partial charge in [0.05, 0.1) is 6.61 Å². The van der Waals surface area contributed by atoms with Crippen molar-refractivity contribution in [1.29, 1.82) is 0 Å². The molecule has 1 N–H and O–H groups in total. The Balaban J connectivity index is 2.17. The lowest BCUT2D eigenvalue weighted by atomic mass is 9.99. The van der Waals surface area contributed by atoms with E-state index < -0.39 is 42.7 Å². The van der Waals surface area contributed by atoms with Gasteiger partial charge in [-0.1, -0.05) is 0 Å². The molecule has 0 aliphatic carbocycles. The second kappa shape index (κ2) is 7.34. The van der Waals surface area contributed by atoms with Gasteiger partial charge in [0.2, 0.25) is 6.41 Å². The second-order valence-corrected chi connectivity index (χ2v) is 5.04. The summed E-state index contributed by atoms with van der Waals surface area (Å²) in [4.78, 5) is 24.1. The highest BCUT2D eigenvalue weighted by Crippen LogP contribution is 2.34. The molecule has 2 rings (SSSR count). The van der Waals surface area contributed by atoms with E-state index in [1.54, 1.807) is 6.92 Å². The molecule has 9 nitrogen and oxygen atoms in total. The van der Waals surface area contributed by atoms with Crippen LogP contribution in [0.5, 0.6) is 0 Å². The third-order valence-electron chi connectivity index (χ3n) is 3.75. The normalized spacial score (nSPS) is 33.1. The molecule has 9 heteroatoms. The number of carbonyl (C=O) groups is 2. The fourth-order valence-electron chi connectivity index (χ4n) is 2.70. The topological polar surface area (TPSA) is 104 Å². The highest BCUT2D eigenvalue weighted by molar-refractivity contribution is 5.79.